The highest BCUT2D eigenvalue weighted by Gasteiger charge is 2.24. The van der Waals surface area contributed by atoms with Gasteiger partial charge in [-0.3, -0.25) is 9.78 Å². The predicted octanol–water partition coefficient (Wildman–Crippen LogP) is 2.43. The minimum atomic E-state index is -1.08. The Morgan fingerprint density at radius 3 is 2.81 bits per heavy atom. The molecule has 1 aromatic carbocycles. The Bertz CT molecular complexity index is 634. The van der Waals surface area contributed by atoms with Gasteiger partial charge in [0.1, 0.15) is 11.7 Å². The maximum absolute atomic E-state index is 13.7. The molecule has 1 unspecified atom stereocenters. The van der Waals surface area contributed by atoms with Crippen LogP contribution in [0.4, 0.5) is 4.39 Å². The molecule has 5 nitrogen and oxygen atoms in total. The minimum Gasteiger partial charge on any atom is -0.481 e. The van der Waals surface area contributed by atoms with E-state index in [1.165, 1.54) is 18.5 Å². The number of carboxylic acid groups (broad SMARTS) is 1. The highest BCUT2D eigenvalue weighted by molar-refractivity contribution is 5.75. The fraction of sp³-hybridized carbons (Fsp3) is 0.267. The molecule has 21 heavy (non-hydrogen) atoms. The molecule has 0 fully saturated rings. The molecule has 0 bridgehead atoms. The number of benzene rings is 1. The number of hydrogen-bond acceptors (Lipinski definition) is 4. The zero-order valence-electron chi connectivity index (χ0n) is 11.5. The summed E-state index contributed by atoms with van der Waals surface area (Å²) in [4.78, 5) is 19.5. The van der Waals surface area contributed by atoms with Gasteiger partial charge >= 0.3 is 5.97 Å². The highest BCUT2D eigenvalue weighted by atomic mass is 19.1. The van der Waals surface area contributed by atoms with E-state index >= 15 is 0 Å². The van der Waals surface area contributed by atoms with Crippen LogP contribution >= 0.6 is 0 Å². The van der Waals surface area contributed by atoms with E-state index in [0.29, 0.717) is 12.2 Å². The smallest absolute Gasteiger partial charge is 0.312 e. The van der Waals surface area contributed by atoms with Crippen molar-refractivity contribution < 1.29 is 19.0 Å². The second-order valence-corrected chi connectivity index (χ2v) is 4.40. The summed E-state index contributed by atoms with van der Waals surface area (Å²) in [5.41, 5.74) is 0.574. The number of aromatic nitrogens is 2. The van der Waals surface area contributed by atoms with Crippen LogP contribution in [0.1, 0.15) is 24.1 Å². The summed E-state index contributed by atoms with van der Waals surface area (Å²) >= 11 is 0. The first-order chi connectivity index (χ1) is 10.1. The summed E-state index contributed by atoms with van der Waals surface area (Å²) in [7, 11) is 0. The quantitative estimate of drug-likeness (QED) is 0.884. The largest absolute Gasteiger partial charge is 0.481 e. The van der Waals surface area contributed by atoms with Crippen LogP contribution in [0, 0.1) is 5.82 Å². The van der Waals surface area contributed by atoms with Gasteiger partial charge in [0.25, 0.3) is 0 Å². The van der Waals surface area contributed by atoms with Crippen molar-refractivity contribution in [3.63, 3.8) is 0 Å². The molecule has 0 radical (unpaired) electrons. The fourth-order valence-corrected chi connectivity index (χ4v) is 1.95. The van der Waals surface area contributed by atoms with Gasteiger partial charge in [-0.2, -0.15) is 0 Å². The monoisotopic (exact) mass is 290 g/mol. The number of carbonyl (C=O) groups is 1. The molecule has 6 heteroatoms. The molecule has 1 aromatic heterocycles. The maximum Gasteiger partial charge on any atom is 0.312 e. The van der Waals surface area contributed by atoms with Gasteiger partial charge in [-0.1, -0.05) is 18.2 Å². The Balaban J connectivity index is 2.29. The third-order valence-electron chi connectivity index (χ3n) is 2.96. The molecule has 0 aliphatic rings. The zero-order chi connectivity index (χ0) is 15.2. The van der Waals surface area contributed by atoms with Gasteiger partial charge in [-0.15, -0.1) is 0 Å². The number of nitrogens with zero attached hydrogens (tertiary/aromatic N) is 2. The average molecular weight is 290 g/mol. The average Bonchev–Trinajstić information content (AvgIpc) is 2.46. The zero-order valence-corrected chi connectivity index (χ0v) is 11.5. The van der Waals surface area contributed by atoms with E-state index in [2.05, 4.69) is 9.97 Å². The number of ether oxygens (including phenoxy) is 1. The highest BCUT2D eigenvalue weighted by Crippen LogP contribution is 2.22. The van der Waals surface area contributed by atoms with Crippen LogP contribution in [0.25, 0.3) is 0 Å². The molecule has 0 aliphatic heterocycles. The molecule has 1 heterocycles. The van der Waals surface area contributed by atoms with Crippen molar-refractivity contribution >= 4 is 5.97 Å². The van der Waals surface area contributed by atoms with Crippen molar-refractivity contribution in [3.8, 4) is 5.88 Å². The molecule has 1 N–H and O–H groups in total. The van der Waals surface area contributed by atoms with E-state index in [-0.39, 0.29) is 18.0 Å². The first-order valence-electron chi connectivity index (χ1n) is 6.52. The molecule has 0 saturated carbocycles. The number of rotatable bonds is 6. The molecular formula is C15H15FN2O3. The topological polar surface area (TPSA) is 72.3 Å². The van der Waals surface area contributed by atoms with Gasteiger partial charge in [-0.05, 0) is 25.0 Å². The molecule has 110 valence electrons. The van der Waals surface area contributed by atoms with E-state index in [1.807, 2.05) is 0 Å². The number of aliphatic carboxylic acids is 1. The Kier molecular flexibility index (Phi) is 4.81. The molecule has 2 rings (SSSR count). The van der Waals surface area contributed by atoms with Gasteiger partial charge in [0.2, 0.25) is 5.88 Å². The van der Waals surface area contributed by atoms with E-state index in [9.17, 15) is 14.3 Å². The van der Waals surface area contributed by atoms with Gasteiger partial charge in [-0.25, -0.2) is 9.37 Å². The van der Waals surface area contributed by atoms with Crippen molar-refractivity contribution in [2.45, 2.75) is 19.3 Å². The van der Waals surface area contributed by atoms with Crippen molar-refractivity contribution in [3.05, 3.63) is 53.7 Å². The molecular weight excluding hydrogens is 275 g/mol. The molecule has 0 amide bonds. The van der Waals surface area contributed by atoms with E-state index in [0.717, 1.165) is 0 Å². The maximum atomic E-state index is 13.7. The minimum absolute atomic E-state index is 0.00622. The summed E-state index contributed by atoms with van der Waals surface area (Å²) in [5, 5.41) is 9.37. The Labute approximate surface area is 121 Å². The normalized spacial score (nSPS) is 11.9. The van der Waals surface area contributed by atoms with E-state index in [1.54, 1.807) is 25.1 Å². The van der Waals surface area contributed by atoms with Gasteiger partial charge < -0.3 is 9.84 Å². The summed E-state index contributed by atoms with van der Waals surface area (Å²) < 4.78 is 18.9. The van der Waals surface area contributed by atoms with Crippen LogP contribution in [-0.2, 0) is 11.2 Å². The fourth-order valence-electron chi connectivity index (χ4n) is 1.95. The van der Waals surface area contributed by atoms with Crippen LogP contribution in [-0.4, -0.2) is 27.7 Å². The Morgan fingerprint density at radius 2 is 2.14 bits per heavy atom. The lowest BCUT2D eigenvalue weighted by Crippen LogP contribution is -2.17. The van der Waals surface area contributed by atoms with E-state index < -0.39 is 17.7 Å². The lowest BCUT2D eigenvalue weighted by atomic mass is 9.96. The Hall–Kier alpha value is -2.50. The van der Waals surface area contributed by atoms with Gasteiger partial charge in [0, 0.05) is 6.20 Å². The van der Waals surface area contributed by atoms with Crippen molar-refractivity contribution in [1.82, 2.24) is 9.97 Å². The van der Waals surface area contributed by atoms with Crippen LogP contribution < -0.4 is 4.74 Å². The molecule has 2 aromatic rings. The van der Waals surface area contributed by atoms with Crippen molar-refractivity contribution in [1.29, 1.82) is 0 Å². The van der Waals surface area contributed by atoms with Crippen LogP contribution in [0.15, 0.2) is 36.7 Å². The standard InChI is InChI=1S/C15H15FN2O3/c1-2-21-14-9-17-8-13(18-14)11(15(19)20)7-10-5-3-4-6-12(10)16/h3-6,8-9,11H,2,7H2,1H3,(H,19,20). The lowest BCUT2D eigenvalue weighted by Gasteiger charge is -2.13. The third-order valence-corrected chi connectivity index (χ3v) is 2.96. The van der Waals surface area contributed by atoms with Crippen LogP contribution in [0.5, 0.6) is 5.88 Å². The number of carboxylic acids is 1. The second kappa shape index (κ2) is 6.78. The van der Waals surface area contributed by atoms with Crippen molar-refractivity contribution in [2.75, 3.05) is 6.61 Å². The molecule has 1 atom stereocenters. The summed E-state index contributed by atoms with van der Waals surface area (Å²) in [6, 6.07) is 6.09. The van der Waals surface area contributed by atoms with Crippen molar-refractivity contribution in [2.24, 2.45) is 0 Å². The third kappa shape index (κ3) is 3.75. The summed E-state index contributed by atoms with van der Waals surface area (Å²) in [5.74, 6) is -2.23. The number of halogens is 1. The Morgan fingerprint density at radius 1 is 1.38 bits per heavy atom. The van der Waals surface area contributed by atoms with Gasteiger partial charge in [0.15, 0.2) is 0 Å². The summed E-state index contributed by atoms with van der Waals surface area (Å²) in [6.45, 7) is 2.20. The molecule has 0 saturated heterocycles. The lowest BCUT2D eigenvalue weighted by molar-refractivity contribution is -0.138. The first-order valence-corrected chi connectivity index (χ1v) is 6.52. The van der Waals surface area contributed by atoms with Crippen LogP contribution in [0.2, 0.25) is 0 Å². The van der Waals surface area contributed by atoms with Gasteiger partial charge in [0.05, 0.1) is 18.5 Å². The van der Waals surface area contributed by atoms with Crippen LogP contribution in [0.3, 0.4) is 0 Å². The second-order valence-electron chi connectivity index (χ2n) is 4.40. The first kappa shape index (κ1) is 14.9. The van der Waals surface area contributed by atoms with E-state index in [4.69, 9.17) is 4.74 Å². The molecule has 0 spiro atoms. The summed E-state index contributed by atoms with van der Waals surface area (Å²) in [6.07, 6.45) is 2.78. The molecule has 0 aliphatic carbocycles. The number of hydrogen-bond donors (Lipinski definition) is 1. The SMILES string of the molecule is CCOc1cncc(C(Cc2ccccc2F)C(=O)O)n1. The predicted molar refractivity (Wildman–Crippen MR) is 73.7 cm³/mol.